The van der Waals surface area contributed by atoms with Gasteiger partial charge in [-0.05, 0) is 36.4 Å². The zero-order valence-corrected chi connectivity index (χ0v) is 19.8. The van der Waals surface area contributed by atoms with Crippen molar-refractivity contribution in [2.24, 2.45) is 4.99 Å². The zero-order valence-electron chi connectivity index (χ0n) is 15.8. The molecule has 0 saturated heterocycles. The molecule has 0 spiro atoms. The minimum Gasteiger partial charge on any atom is -0.357 e. The predicted molar refractivity (Wildman–Crippen MR) is 124 cm³/mol. The Hall–Kier alpha value is -1.17. The molecule has 2 N–H and O–H groups in total. The van der Waals surface area contributed by atoms with Crippen molar-refractivity contribution in [3.63, 3.8) is 0 Å². The second-order valence-electron chi connectivity index (χ2n) is 5.85. The van der Waals surface area contributed by atoms with Gasteiger partial charge in [0, 0.05) is 26.7 Å². The van der Waals surface area contributed by atoms with Crippen LogP contribution in [0.2, 0.25) is 0 Å². The molecule has 0 saturated carbocycles. The first kappa shape index (κ1) is 23.9. The van der Waals surface area contributed by atoms with E-state index in [1.54, 1.807) is 17.5 Å². The molecule has 0 fully saturated rings. The third-order valence-electron chi connectivity index (χ3n) is 3.79. The number of sulfonamides is 1. The molecule has 6 nitrogen and oxygen atoms in total. The number of nitrogens with one attached hydrogen (secondary N) is 2. The molecule has 1 aromatic heterocycles. The molecular weight excluding hydrogens is 495 g/mol. The van der Waals surface area contributed by atoms with Crippen molar-refractivity contribution in [3.8, 4) is 0 Å². The van der Waals surface area contributed by atoms with Crippen LogP contribution in [-0.4, -0.2) is 46.0 Å². The molecule has 0 amide bonds. The Morgan fingerprint density at radius 2 is 1.96 bits per heavy atom. The molecule has 0 bridgehead atoms. The fraction of sp³-hybridized carbons (Fsp3) is 0.389. The first-order valence-electron chi connectivity index (χ1n) is 8.51. The summed E-state index contributed by atoms with van der Waals surface area (Å²) in [4.78, 5) is 6.57. The Labute approximate surface area is 183 Å². The van der Waals surface area contributed by atoms with Gasteiger partial charge in [0.1, 0.15) is 4.21 Å². The number of aliphatic imine (C=N–C) groups is 1. The van der Waals surface area contributed by atoms with Crippen LogP contribution in [0.3, 0.4) is 0 Å². The highest BCUT2D eigenvalue weighted by Gasteiger charge is 2.14. The number of nitrogens with zero attached hydrogens (tertiary/aromatic N) is 2. The highest BCUT2D eigenvalue weighted by Crippen LogP contribution is 2.14. The quantitative estimate of drug-likeness (QED) is 0.242. The fourth-order valence-electron chi connectivity index (χ4n) is 2.42. The van der Waals surface area contributed by atoms with Crippen LogP contribution in [0.1, 0.15) is 18.1 Å². The number of guanidine groups is 1. The minimum atomic E-state index is -3.44. The van der Waals surface area contributed by atoms with Gasteiger partial charge in [-0.2, -0.15) is 0 Å². The number of aryl methyl sites for hydroxylation is 1. The molecule has 0 unspecified atom stereocenters. The van der Waals surface area contributed by atoms with E-state index >= 15 is 0 Å². The summed E-state index contributed by atoms with van der Waals surface area (Å²) < 4.78 is 27.1. The second kappa shape index (κ2) is 11.6. The summed E-state index contributed by atoms with van der Waals surface area (Å²) in [5.74, 6) is 0.756. The summed E-state index contributed by atoms with van der Waals surface area (Å²) in [6.07, 6.45) is 0. The van der Waals surface area contributed by atoms with Crippen molar-refractivity contribution in [2.75, 3.05) is 26.7 Å². The summed E-state index contributed by atoms with van der Waals surface area (Å²) >= 11 is 1.20. The van der Waals surface area contributed by atoms with Crippen LogP contribution < -0.4 is 10.0 Å². The van der Waals surface area contributed by atoms with Crippen LogP contribution in [0.4, 0.5) is 0 Å². The van der Waals surface area contributed by atoms with Gasteiger partial charge in [0.15, 0.2) is 5.96 Å². The number of hydrogen-bond donors (Lipinski definition) is 2. The average molecular weight is 522 g/mol. The molecule has 0 atom stereocenters. The highest BCUT2D eigenvalue weighted by atomic mass is 127. The first-order chi connectivity index (χ1) is 12.4. The van der Waals surface area contributed by atoms with Crippen LogP contribution in [0.15, 0.2) is 51.0 Å². The van der Waals surface area contributed by atoms with Gasteiger partial charge in [-0.25, -0.2) is 13.1 Å². The van der Waals surface area contributed by atoms with Gasteiger partial charge in [-0.1, -0.05) is 30.3 Å². The zero-order chi connectivity index (χ0) is 19.0. The van der Waals surface area contributed by atoms with Crippen molar-refractivity contribution < 1.29 is 8.42 Å². The number of thiophene rings is 1. The molecule has 0 aliphatic carbocycles. The average Bonchev–Trinajstić information content (AvgIpc) is 3.15. The maximum atomic E-state index is 12.1. The minimum absolute atomic E-state index is 0. The predicted octanol–water partition coefficient (Wildman–Crippen LogP) is 3.05. The van der Waals surface area contributed by atoms with E-state index in [1.165, 1.54) is 22.5 Å². The van der Waals surface area contributed by atoms with Crippen molar-refractivity contribution in [3.05, 3.63) is 52.9 Å². The van der Waals surface area contributed by atoms with Gasteiger partial charge in [0.25, 0.3) is 0 Å². The Morgan fingerprint density at radius 1 is 1.22 bits per heavy atom. The van der Waals surface area contributed by atoms with Gasteiger partial charge in [0.2, 0.25) is 10.0 Å². The number of halogens is 1. The third kappa shape index (κ3) is 7.40. The lowest BCUT2D eigenvalue weighted by molar-refractivity contribution is 0.475. The normalized spacial score (nSPS) is 11.7. The van der Waals surface area contributed by atoms with Gasteiger partial charge < -0.3 is 10.2 Å². The first-order valence-corrected chi connectivity index (χ1v) is 10.9. The van der Waals surface area contributed by atoms with Gasteiger partial charge in [-0.15, -0.1) is 35.3 Å². The van der Waals surface area contributed by atoms with Crippen LogP contribution in [0, 0.1) is 6.92 Å². The summed E-state index contributed by atoms with van der Waals surface area (Å²) in [5.41, 5.74) is 2.47. The fourth-order valence-corrected chi connectivity index (χ4v) is 4.48. The van der Waals surface area contributed by atoms with Crippen molar-refractivity contribution in [1.29, 1.82) is 0 Å². The van der Waals surface area contributed by atoms with E-state index in [-0.39, 0.29) is 30.5 Å². The molecule has 9 heteroatoms. The van der Waals surface area contributed by atoms with E-state index < -0.39 is 10.0 Å². The number of rotatable bonds is 8. The van der Waals surface area contributed by atoms with Crippen LogP contribution in [-0.2, 0) is 16.6 Å². The van der Waals surface area contributed by atoms with E-state index in [0.29, 0.717) is 10.8 Å². The molecule has 150 valence electrons. The van der Waals surface area contributed by atoms with E-state index in [4.69, 9.17) is 0 Å². The lowest BCUT2D eigenvalue weighted by Gasteiger charge is -2.23. The van der Waals surface area contributed by atoms with Crippen LogP contribution in [0.5, 0.6) is 0 Å². The molecule has 0 radical (unpaired) electrons. The van der Waals surface area contributed by atoms with Crippen LogP contribution in [0.25, 0.3) is 0 Å². The maximum Gasteiger partial charge on any atom is 0.250 e. The standard InChI is InChI=1S/C18H26N4O2S2.HI/c1-4-19-18(22(3)14-16-9-6-5-8-15(16)2)20-11-12-21-26(23,24)17-10-7-13-25-17;/h5-10,13,21H,4,11-12,14H2,1-3H3,(H,19,20);1H. The highest BCUT2D eigenvalue weighted by molar-refractivity contribution is 14.0. The molecular formula is C18H27IN4O2S2. The monoisotopic (exact) mass is 522 g/mol. The van der Waals surface area contributed by atoms with E-state index in [0.717, 1.165) is 19.0 Å². The Kier molecular flexibility index (Phi) is 10.3. The summed E-state index contributed by atoms with van der Waals surface area (Å²) in [6.45, 7) is 6.21. The lowest BCUT2D eigenvalue weighted by atomic mass is 10.1. The molecule has 1 aromatic carbocycles. The van der Waals surface area contributed by atoms with Gasteiger partial charge in [0.05, 0.1) is 6.54 Å². The molecule has 1 heterocycles. The van der Waals surface area contributed by atoms with E-state index in [2.05, 4.69) is 34.1 Å². The van der Waals surface area contributed by atoms with Gasteiger partial charge >= 0.3 is 0 Å². The second-order valence-corrected chi connectivity index (χ2v) is 8.79. The van der Waals surface area contributed by atoms with E-state index in [1.807, 2.05) is 31.0 Å². The van der Waals surface area contributed by atoms with Crippen molar-refractivity contribution in [2.45, 2.75) is 24.6 Å². The largest absolute Gasteiger partial charge is 0.357 e. The van der Waals surface area contributed by atoms with Gasteiger partial charge in [-0.3, -0.25) is 4.99 Å². The Morgan fingerprint density at radius 3 is 2.59 bits per heavy atom. The Bertz CT molecular complexity index is 824. The molecule has 27 heavy (non-hydrogen) atoms. The van der Waals surface area contributed by atoms with Crippen LogP contribution >= 0.6 is 35.3 Å². The molecule has 0 aliphatic heterocycles. The van der Waals surface area contributed by atoms with E-state index in [9.17, 15) is 8.42 Å². The lowest BCUT2D eigenvalue weighted by Crippen LogP contribution is -2.39. The molecule has 0 aliphatic rings. The third-order valence-corrected chi connectivity index (χ3v) is 6.65. The SMILES string of the molecule is CCNC(=NCCNS(=O)(=O)c1cccs1)N(C)Cc1ccccc1C.I. The topological polar surface area (TPSA) is 73.8 Å². The maximum absolute atomic E-state index is 12.1. The summed E-state index contributed by atoms with van der Waals surface area (Å²) in [5, 5.41) is 4.99. The Balaban J connectivity index is 0.00000364. The smallest absolute Gasteiger partial charge is 0.250 e. The summed E-state index contributed by atoms with van der Waals surface area (Å²) in [6, 6.07) is 11.6. The summed E-state index contributed by atoms with van der Waals surface area (Å²) in [7, 11) is -1.46. The number of hydrogen-bond acceptors (Lipinski definition) is 4. The molecule has 2 rings (SSSR count). The molecule has 2 aromatic rings. The van der Waals surface area contributed by atoms with Crippen molar-refractivity contribution >= 4 is 51.3 Å². The number of benzene rings is 1. The van der Waals surface area contributed by atoms with Crippen molar-refractivity contribution in [1.82, 2.24) is 14.9 Å².